The van der Waals surface area contributed by atoms with Gasteiger partial charge in [0.15, 0.2) is 0 Å². The van der Waals surface area contributed by atoms with Gasteiger partial charge in [-0.2, -0.15) is 0 Å². The quantitative estimate of drug-likeness (QED) is 0.782. The number of amides is 1. The largest absolute Gasteiger partial charge is 0.481 e. The Morgan fingerprint density at radius 2 is 1.81 bits per heavy atom. The zero-order valence-corrected chi connectivity index (χ0v) is 14.2. The molecule has 1 N–H and O–H groups in total. The third-order valence-corrected chi connectivity index (χ3v) is 3.42. The number of carbonyl (C=O) groups is 2. The van der Waals surface area contributed by atoms with Crippen LogP contribution in [0, 0.1) is 5.92 Å². The summed E-state index contributed by atoms with van der Waals surface area (Å²) in [4.78, 5) is 24.7. The van der Waals surface area contributed by atoms with Crippen molar-refractivity contribution in [2.45, 2.75) is 65.2 Å². The molecule has 0 aliphatic carbocycles. The Labute approximate surface area is 127 Å². The Bertz CT molecular complexity index is 350. The van der Waals surface area contributed by atoms with Gasteiger partial charge in [-0.15, -0.1) is 0 Å². The Kier molecular flexibility index (Phi) is 7.71. The molecule has 0 aromatic heterocycles. The molecule has 21 heavy (non-hydrogen) atoms. The number of carboxylic acids is 1. The summed E-state index contributed by atoms with van der Waals surface area (Å²) in [5, 5.41) is 9.01. The van der Waals surface area contributed by atoms with Gasteiger partial charge in [0.05, 0.1) is 18.6 Å². The molecule has 0 aromatic rings. The van der Waals surface area contributed by atoms with Crippen molar-refractivity contribution in [3.05, 3.63) is 0 Å². The lowest BCUT2D eigenvalue weighted by molar-refractivity contribution is -0.141. The van der Waals surface area contributed by atoms with Gasteiger partial charge in [0.1, 0.15) is 5.60 Å². The van der Waals surface area contributed by atoms with Gasteiger partial charge in [0, 0.05) is 14.2 Å². The first-order chi connectivity index (χ1) is 9.53. The molecule has 0 fully saturated rings. The van der Waals surface area contributed by atoms with Crippen LogP contribution in [-0.4, -0.2) is 54.0 Å². The van der Waals surface area contributed by atoms with Crippen molar-refractivity contribution in [3.63, 3.8) is 0 Å². The molecule has 0 aliphatic heterocycles. The Hall–Kier alpha value is -1.30. The van der Waals surface area contributed by atoms with Crippen LogP contribution < -0.4 is 0 Å². The number of ether oxygens (including phenoxy) is 2. The SMILES string of the molecule is CC[C@H](C)[C@@H]([C@@H](CC(=O)O)OC)N(C)C(=O)OC(C)(C)C. The first-order valence-corrected chi connectivity index (χ1v) is 7.23. The van der Waals surface area contributed by atoms with E-state index in [-0.39, 0.29) is 18.4 Å². The maximum absolute atomic E-state index is 12.2. The van der Waals surface area contributed by atoms with E-state index in [9.17, 15) is 9.59 Å². The lowest BCUT2D eigenvalue weighted by Gasteiger charge is -2.37. The first-order valence-electron chi connectivity index (χ1n) is 7.23. The van der Waals surface area contributed by atoms with Crippen molar-refractivity contribution in [3.8, 4) is 0 Å². The zero-order chi connectivity index (χ0) is 16.8. The van der Waals surface area contributed by atoms with Crippen LogP contribution in [0.15, 0.2) is 0 Å². The number of carboxylic acid groups (broad SMARTS) is 1. The molecule has 3 atom stereocenters. The number of likely N-dealkylation sites (N-methyl/N-ethyl adjacent to an activating group) is 1. The van der Waals surface area contributed by atoms with Crippen molar-refractivity contribution in [2.24, 2.45) is 5.92 Å². The van der Waals surface area contributed by atoms with Gasteiger partial charge in [-0.1, -0.05) is 20.3 Å². The Morgan fingerprint density at radius 1 is 1.29 bits per heavy atom. The van der Waals surface area contributed by atoms with E-state index in [2.05, 4.69) is 0 Å². The fourth-order valence-electron chi connectivity index (χ4n) is 2.21. The second kappa shape index (κ2) is 8.22. The molecule has 6 heteroatoms. The minimum absolute atomic E-state index is 0.0896. The number of carbonyl (C=O) groups excluding carboxylic acids is 1. The Balaban J connectivity index is 5.20. The minimum atomic E-state index is -0.951. The van der Waals surface area contributed by atoms with Crippen LogP contribution in [0.5, 0.6) is 0 Å². The van der Waals surface area contributed by atoms with Crippen molar-refractivity contribution in [1.29, 1.82) is 0 Å². The smallest absolute Gasteiger partial charge is 0.410 e. The lowest BCUT2D eigenvalue weighted by atomic mass is 9.91. The maximum Gasteiger partial charge on any atom is 0.410 e. The topological polar surface area (TPSA) is 76.1 Å². The molecule has 124 valence electrons. The summed E-state index contributed by atoms with van der Waals surface area (Å²) in [5.41, 5.74) is -0.597. The number of rotatable bonds is 7. The average Bonchev–Trinajstić information content (AvgIpc) is 2.34. The predicted molar refractivity (Wildman–Crippen MR) is 80.3 cm³/mol. The standard InChI is InChI=1S/C15H29NO5/c1-8-10(2)13(11(20-7)9-12(17)18)16(6)14(19)21-15(3,4)5/h10-11,13H,8-9H2,1-7H3,(H,17,18)/t10-,11+,13-/m0/s1. The fourth-order valence-corrected chi connectivity index (χ4v) is 2.21. The van der Waals surface area contributed by atoms with E-state index in [0.29, 0.717) is 0 Å². The summed E-state index contributed by atoms with van der Waals surface area (Å²) < 4.78 is 10.7. The highest BCUT2D eigenvalue weighted by molar-refractivity contribution is 5.69. The van der Waals surface area contributed by atoms with Gasteiger partial charge in [0.25, 0.3) is 0 Å². The zero-order valence-electron chi connectivity index (χ0n) is 14.2. The second-order valence-corrected chi connectivity index (χ2v) is 6.34. The molecule has 0 aromatic carbocycles. The minimum Gasteiger partial charge on any atom is -0.481 e. The summed E-state index contributed by atoms with van der Waals surface area (Å²) in [6, 6.07) is -0.356. The summed E-state index contributed by atoms with van der Waals surface area (Å²) in [5.74, 6) is -0.862. The molecule has 0 saturated heterocycles. The van der Waals surface area contributed by atoms with Gasteiger partial charge >= 0.3 is 12.1 Å². The normalized spacial score (nSPS) is 16.0. The second-order valence-electron chi connectivity index (χ2n) is 6.34. The number of nitrogens with zero attached hydrogens (tertiary/aromatic N) is 1. The molecule has 0 radical (unpaired) electrons. The predicted octanol–water partition coefficient (Wildman–Crippen LogP) is 2.76. The van der Waals surface area contributed by atoms with E-state index < -0.39 is 23.8 Å². The first kappa shape index (κ1) is 19.7. The molecule has 0 aliphatic rings. The fraction of sp³-hybridized carbons (Fsp3) is 0.867. The highest BCUT2D eigenvalue weighted by Gasteiger charge is 2.35. The summed E-state index contributed by atoms with van der Waals surface area (Å²) in [6.07, 6.45) is -0.397. The van der Waals surface area contributed by atoms with E-state index in [1.807, 2.05) is 13.8 Å². The Morgan fingerprint density at radius 3 is 2.14 bits per heavy atom. The molecule has 0 rings (SSSR count). The van der Waals surface area contributed by atoms with Crippen molar-refractivity contribution in [2.75, 3.05) is 14.2 Å². The molecule has 0 saturated carbocycles. The van der Waals surface area contributed by atoms with E-state index in [0.717, 1.165) is 6.42 Å². The van der Waals surface area contributed by atoms with E-state index >= 15 is 0 Å². The van der Waals surface area contributed by atoms with Crippen LogP contribution in [0.3, 0.4) is 0 Å². The van der Waals surface area contributed by atoms with E-state index in [1.165, 1.54) is 12.0 Å². The van der Waals surface area contributed by atoms with Gasteiger partial charge in [-0.3, -0.25) is 4.79 Å². The molecular weight excluding hydrogens is 274 g/mol. The highest BCUT2D eigenvalue weighted by atomic mass is 16.6. The van der Waals surface area contributed by atoms with Crippen molar-refractivity contribution < 1.29 is 24.2 Å². The molecular formula is C15H29NO5. The van der Waals surface area contributed by atoms with Gasteiger partial charge in [0.2, 0.25) is 0 Å². The monoisotopic (exact) mass is 303 g/mol. The maximum atomic E-state index is 12.2. The molecule has 0 bridgehead atoms. The molecule has 0 spiro atoms. The molecule has 1 amide bonds. The van der Waals surface area contributed by atoms with Crippen LogP contribution in [0.2, 0.25) is 0 Å². The number of methoxy groups -OCH3 is 1. The number of hydrogen-bond donors (Lipinski definition) is 1. The van der Waals surface area contributed by atoms with E-state index in [4.69, 9.17) is 14.6 Å². The highest BCUT2D eigenvalue weighted by Crippen LogP contribution is 2.23. The lowest BCUT2D eigenvalue weighted by Crippen LogP contribution is -2.51. The molecule has 6 nitrogen and oxygen atoms in total. The summed E-state index contributed by atoms with van der Waals surface area (Å²) >= 11 is 0. The summed E-state index contributed by atoms with van der Waals surface area (Å²) in [7, 11) is 3.09. The van der Waals surface area contributed by atoms with Gasteiger partial charge in [-0.25, -0.2) is 4.79 Å². The van der Waals surface area contributed by atoms with Gasteiger partial charge in [-0.05, 0) is 26.7 Å². The summed E-state index contributed by atoms with van der Waals surface area (Å²) in [6.45, 7) is 9.35. The average molecular weight is 303 g/mol. The van der Waals surface area contributed by atoms with Crippen LogP contribution >= 0.6 is 0 Å². The number of aliphatic carboxylic acids is 1. The third kappa shape index (κ3) is 6.80. The van der Waals surface area contributed by atoms with Crippen LogP contribution in [-0.2, 0) is 14.3 Å². The molecule has 0 heterocycles. The van der Waals surface area contributed by atoms with Crippen LogP contribution in [0.1, 0.15) is 47.5 Å². The van der Waals surface area contributed by atoms with Crippen molar-refractivity contribution in [1.82, 2.24) is 4.90 Å². The van der Waals surface area contributed by atoms with Crippen molar-refractivity contribution >= 4 is 12.1 Å². The van der Waals surface area contributed by atoms with E-state index in [1.54, 1.807) is 27.8 Å². The van der Waals surface area contributed by atoms with Crippen LogP contribution in [0.4, 0.5) is 4.79 Å². The third-order valence-electron chi connectivity index (χ3n) is 3.42. The molecule has 0 unspecified atom stereocenters. The van der Waals surface area contributed by atoms with Crippen LogP contribution in [0.25, 0.3) is 0 Å². The van der Waals surface area contributed by atoms with Gasteiger partial charge < -0.3 is 19.5 Å². The number of hydrogen-bond acceptors (Lipinski definition) is 4.